The third-order valence-electron chi connectivity index (χ3n) is 4.20. The van der Waals surface area contributed by atoms with Crippen LogP contribution >= 0.6 is 0 Å². The monoisotopic (exact) mass is 373 g/mol. The zero-order valence-corrected chi connectivity index (χ0v) is 15.3. The lowest BCUT2D eigenvalue weighted by atomic mass is 10.0. The molecule has 0 aliphatic heterocycles. The molecule has 0 saturated heterocycles. The third-order valence-corrected chi connectivity index (χ3v) is 4.20. The second kappa shape index (κ2) is 9.54. The van der Waals surface area contributed by atoms with Gasteiger partial charge in [0.2, 0.25) is 0 Å². The number of nitro groups is 1. The number of hydrogen-bond donors (Lipinski definition) is 2. The quantitative estimate of drug-likeness (QED) is 0.515. The van der Waals surface area contributed by atoms with Gasteiger partial charge in [-0.2, -0.15) is 0 Å². The van der Waals surface area contributed by atoms with Crippen molar-refractivity contribution in [3.8, 4) is 5.75 Å². The molecule has 1 amide bonds. The van der Waals surface area contributed by atoms with E-state index in [4.69, 9.17) is 9.84 Å². The van der Waals surface area contributed by atoms with Crippen LogP contribution in [-0.4, -0.2) is 41.7 Å². The van der Waals surface area contributed by atoms with Crippen molar-refractivity contribution in [1.82, 2.24) is 10.2 Å². The molecule has 27 heavy (non-hydrogen) atoms. The number of hydrogen-bond acceptors (Lipinski definition) is 5. The first kappa shape index (κ1) is 20.2. The molecule has 144 valence electrons. The lowest BCUT2D eigenvalue weighted by molar-refractivity contribution is -0.384. The minimum atomic E-state index is -0.962. The predicted octanol–water partition coefficient (Wildman–Crippen LogP) is 3.43. The highest BCUT2D eigenvalue weighted by Gasteiger charge is 2.11. The van der Waals surface area contributed by atoms with Crippen LogP contribution < -0.4 is 10.1 Å². The van der Waals surface area contributed by atoms with E-state index in [1.807, 2.05) is 31.3 Å². The van der Waals surface area contributed by atoms with Crippen molar-refractivity contribution >= 4 is 11.8 Å². The minimum Gasteiger partial charge on any atom is -0.494 e. The van der Waals surface area contributed by atoms with E-state index in [0.717, 1.165) is 11.1 Å². The average Bonchev–Trinajstić information content (AvgIpc) is 2.66. The highest BCUT2D eigenvalue weighted by atomic mass is 16.6. The second-order valence-corrected chi connectivity index (χ2v) is 6.11. The predicted molar refractivity (Wildman–Crippen MR) is 101 cm³/mol. The van der Waals surface area contributed by atoms with Gasteiger partial charge in [-0.3, -0.25) is 10.1 Å². The molecule has 2 rings (SSSR count). The van der Waals surface area contributed by atoms with Crippen LogP contribution in [-0.2, 0) is 6.54 Å². The number of non-ortho nitro benzene ring substituents is 1. The summed E-state index contributed by atoms with van der Waals surface area (Å²) in [4.78, 5) is 22.3. The van der Waals surface area contributed by atoms with Crippen molar-refractivity contribution in [2.75, 3.05) is 20.7 Å². The van der Waals surface area contributed by atoms with Gasteiger partial charge in [-0.1, -0.05) is 24.3 Å². The minimum absolute atomic E-state index is 0.0316. The molecule has 0 aliphatic carbocycles. The lowest BCUT2D eigenvalue weighted by Gasteiger charge is -2.18. The first-order valence-corrected chi connectivity index (χ1v) is 8.48. The van der Waals surface area contributed by atoms with E-state index in [0.29, 0.717) is 25.3 Å². The summed E-state index contributed by atoms with van der Waals surface area (Å²) in [5, 5.41) is 22.8. The number of rotatable bonds is 9. The number of nitrogens with one attached hydrogen (secondary N) is 1. The summed E-state index contributed by atoms with van der Waals surface area (Å²) < 4.78 is 5.66. The molecule has 2 aromatic rings. The van der Waals surface area contributed by atoms with Crippen molar-refractivity contribution in [3.63, 3.8) is 0 Å². The molecule has 2 aromatic carbocycles. The molecular formula is C19H23N3O5. The fourth-order valence-electron chi connectivity index (χ4n) is 2.63. The number of nitro benzene ring substituents is 1. The summed E-state index contributed by atoms with van der Waals surface area (Å²) >= 11 is 0. The Morgan fingerprint density at radius 3 is 2.37 bits per heavy atom. The Morgan fingerprint density at radius 2 is 1.85 bits per heavy atom. The molecule has 0 radical (unpaired) electrons. The molecule has 0 heterocycles. The summed E-state index contributed by atoms with van der Waals surface area (Å²) in [5.74, 6) is 0.586. The zero-order valence-electron chi connectivity index (χ0n) is 15.3. The Kier molecular flexibility index (Phi) is 7.13. The molecule has 0 unspecified atom stereocenters. The van der Waals surface area contributed by atoms with Gasteiger partial charge in [0.05, 0.1) is 11.5 Å². The first-order valence-electron chi connectivity index (χ1n) is 8.48. The Balaban J connectivity index is 1.89. The van der Waals surface area contributed by atoms with Crippen molar-refractivity contribution in [2.24, 2.45) is 0 Å². The van der Waals surface area contributed by atoms with E-state index >= 15 is 0 Å². The van der Waals surface area contributed by atoms with E-state index < -0.39 is 11.0 Å². The van der Waals surface area contributed by atoms with Gasteiger partial charge in [0.15, 0.2) is 0 Å². The number of carboxylic acid groups (broad SMARTS) is 1. The van der Waals surface area contributed by atoms with Crippen LogP contribution in [0.1, 0.15) is 23.6 Å². The largest absolute Gasteiger partial charge is 0.494 e. The number of benzene rings is 2. The maximum Gasteiger partial charge on any atom is 0.407 e. The van der Waals surface area contributed by atoms with Gasteiger partial charge < -0.3 is 20.1 Å². The van der Waals surface area contributed by atoms with Gasteiger partial charge in [0.25, 0.3) is 5.69 Å². The van der Waals surface area contributed by atoms with Gasteiger partial charge in [-0.15, -0.1) is 0 Å². The fourth-order valence-corrected chi connectivity index (χ4v) is 2.63. The molecule has 0 aliphatic rings. The van der Waals surface area contributed by atoms with E-state index in [1.54, 1.807) is 12.1 Å². The van der Waals surface area contributed by atoms with Gasteiger partial charge in [-0.25, -0.2) is 4.79 Å². The lowest BCUT2D eigenvalue weighted by Crippen LogP contribution is -2.24. The maximum atomic E-state index is 10.9. The van der Waals surface area contributed by atoms with E-state index in [-0.39, 0.29) is 11.7 Å². The molecule has 0 spiro atoms. The van der Waals surface area contributed by atoms with Crippen LogP contribution in [0.5, 0.6) is 5.75 Å². The molecule has 1 atom stereocenters. The highest BCUT2D eigenvalue weighted by molar-refractivity contribution is 5.64. The molecule has 8 heteroatoms. The molecule has 8 nitrogen and oxygen atoms in total. The number of amides is 1. The van der Waals surface area contributed by atoms with Crippen LogP contribution in [0.2, 0.25) is 0 Å². The first-order chi connectivity index (χ1) is 12.9. The molecular weight excluding hydrogens is 350 g/mol. The summed E-state index contributed by atoms with van der Waals surface area (Å²) in [6.07, 6.45) is -0.252. The van der Waals surface area contributed by atoms with Crippen LogP contribution in [0.15, 0.2) is 48.5 Å². The van der Waals surface area contributed by atoms with E-state index in [1.165, 1.54) is 24.1 Å². The number of nitrogens with zero attached hydrogens (tertiary/aromatic N) is 2. The second-order valence-electron chi connectivity index (χ2n) is 6.11. The summed E-state index contributed by atoms with van der Waals surface area (Å²) in [6.45, 7) is 0.788. The SMILES string of the molecule is CN[C@@H](CCOc1ccc([N+](=O)[O-])cc1)c1ccc(CN(C)C(=O)O)cc1. The molecule has 0 bridgehead atoms. The van der Waals surface area contributed by atoms with Crippen LogP contribution in [0.4, 0.5) is 10.5 Å². The van der Waals surface area contributed by atoms with Gasteiger partial charge in [0, 0.05) is 38.2 Å². The number of carbonyl (C=O) groups is 1. The Morgan fingerprint density at radius 1 is 1.22 bits per heavy atom. The summed E-state index contributed by atoms with van der Waals surface area (Å²) in [6, 6.07) is 13.8. The smallest absolute Gasteiger partial charge is 0.407 e. The van der Waals surface area contributed by atoms with E-state index in [2.05, 4.69) is 5.32 Å². The summed E-state index contributed by atoms with van der Waals surface area (Å²) in [5.41, 5.74) is 2.02. The van der Waals surface area contributed by atoms with Crippen molar-refractivity contribution in [3.05, 3.63) is 69.8 Å². The topological polar surface area (TPSA) is 105 Å². The van der Waals surface area contributed by atoms with Crippen LogP contribution in [0.3, 0.4) is 0 Å². The normalized spacial score (nSPS) is 11.6. The third kappa shape index (κ3) is 5.96. The molecule has 0 aromatic heterocycles. The standard InChI is InChI=1S/C19H23N3O5/c1-20-18(11-12-27-17-9-7-16(8-10-17)22(25)26)15-5-3-14(4-6-15)13-21(2)19(23)24/h3-10,18,20H,11-13H2,1-2H3,(H,23,24)/t18-/m0/s1. The Bertz CT molecular complexity index is 762. The fraction of sp³-hybridized carbons (Fsp3) is 0.316. The van der Waals surface area contributed by atoms with Crippen molar-refractivity contribution in [1.29, 1.82) is 0 Å². The van der Waals surface area contributed by atoms with Crippen LogP contribution in [0.25, 0.3) is 0 Å². The molecule has 0 fully saturated rings. The average molecular weight is 373 g/mol. The van der Waals surface area contributed by atoms with Gasteiger partial charge >= 0.3 is 6.09 Å². The highest BCUT2D eigenvalue weighted by Crippen LogP contribution is 2.20. The van der Waals surface area contributed by atoms with Gasteiger partial charge in [-0.05, 0) is 30.3 Å². The van der Waals surface area contributed by atoms with Crippen molar-refractivity contribution < 1.29 is 19.6 Å². The Hall–Kier alpha value is -3.13. The number of ether oxygens (including phenoxy) is 1. The van der Waals surface area contributed by atoms with E-state index in [9.17, 15) is 14.9 Å². The maximum absolute atomic E-state index is 10.9. The Labute approximate surface area is 157 Å². The molecule has 0 saturated carbocycles. The van der Waals surface area contributed by atoms with Crippen LogP contribution in [0, 0.1) is 10.1 Å². The van der Waals surface area contributed by atoms with Crippen molar-refractivity contribution in [2.45, 2.75) is 19.0 Å². The summed E-state index contributed by atoms with van der Waals surface area (Å²) in [7, 11) is 3.39. The van der Waals surface area contributed by atoms with Gasteiger partial charge in [0.1, 0.15) is 5.75 Å². The molecule has 2 N–H and O–H groups in total. The zero-order chi connectivity index (χ0) is 19.8.